The molecule has 0 atom stereocenters. The van der Waals surface area contributed by atoms with Gasteiger partial charge < -0.3 is 14.8 Å². The fourth-order valence-electron chi connectivity index (χ4n) is 2.68. The lowest BCUT2D eigenvalue weighted by Gasteiger charge is -2.15. The zero-order chi connectivity index (χ0) is 22.3. The molecule has 0 radical (unpaired) electrons. The van der Waals surface area contributed by atoms with Crippen LogP contribution in [-0.2, 0) is 9.59 Å². The molecule has 30 heavy (non-hydrogen) atoms. The van der Waals surface area contributed by atoms with Crippen LogP contribution >= 0.6 is 15.9 Å². The molecule has 0 aliphatic heterocycles. The summed E-state index contributed by atoms with van der Waals surface area (Å²) in [5, 5.41) is 6.65. The molecule has 2 aromatic rings. The zero-order valence-corrected chi connectivity index (χ0v) is 19.3. The molecule has 160 valence electrons. The van der Waals surface area contributed by atoms with Crippen LogP contribution in [0.25, 0.3) is 0 Å². The van der Waals surface area contributed by atoms with Crippen molar-refractivity contribution in [2.24, 2.45) is 5.10 Å². The largest absolute Gasteiger partial charge is 0.493 e. The van der Waals surface area contributed by atoms with Crippen molar-refractivity contribution >= 4 is 39.6 Å². The summed E-state index contributed by atoms with van der Waals surface area (Å²) in [4.78, 5) is 24.1. The highest BCUT2D eigenvalue weighted by Gasteiger charge is 2.13. The first-order valence-corrected chi connectivity index (χ1v) is 10.2. The van der Waals surface area contributed by atoms with E-state index in [9.17, 15) is 9.59 Å². The van der Waals surface area contributed by atoms with Gasteiger partial charge in [0.2, 0.25) is 11.8 Å². The molecule has 0 unspecified atom stereocenters. The number of hydrogen-bond donors (Lipinski definition) is 2. The predicted octanol–water partition coefficient (Wildman–Crippen LogP) is 4.34. The fourth-order valence-corrected chi connectivity index (χ4v) is 3.23. The van der Waals surface area contributed by atoms with Gasteiger partial charge in [-0.25, -0.2) is 5.43 Å². The molecule has 0 aromatic heterocycles. The van der Waals surface area contributed by atoms with Gasteiger partial charge in [0.05, 0.1) is 23.9 Å². The molecule has 2 rings (SSSR count). The summed E-state index contributed by atoms with van der Waals surface area (Å²) in [6.07, 6.45) is 1.12. The van der Waals surface area contributed by atoms with E-state index in [1.54, 1.807) is 19.2 Å². The van der Waals surface area contributed by atoms with Crippen molar-refractivity contribution in [2.75, 3.05) is 12.4 Å². The topological polar surface area (TPSA) is 89.0 Å². The number of amides is 2. The Kier molecular flexibility index (Phi) is 8.41. The molecule has 0 aliphatic rings. The molecule has 0 bridgehead atoms. The van der Waals surface area contributed by atoms with Crippen LogP contribution in [0.1, 0.15) is 37.0 Å². The van der Waals surface area contributed by atoms with E-state index in [0.29, 0.717) is 27.2 Å². The van der Waals surface area contributed by atoms with Crippen LogP contribution in [0.5, 0.6) is 11.5 Å². The first-order chi connectivity index (χ1) is 14.2. The monoisotopic (exact) mass is 475 g/mol. The Bertz CT molecular complexity index is 958. The minimum Gasteiger partial charge on any atom is -0.493 e. The Morgan fingerprint density at radius 3 is 2.53 bits per heavy atom. The molecule has 0 saturated heterocycles. The number of nitrogens with zero attached hydrogens (tertiary/aromatic N) is 1. The molecule has 2 amide bonds. The van der Waals surface area contributed by atoms with E-state index in [1.165, 1.54) is 6.21 Å². The number of rotatable bonds is 8. The minimum atomic E-state index is -0.515. The number of benzene rings is 2. The van der Waals surface area contributed by atoms with Crippen LogP contribution in [0.3, 0.4) is 0 Å². The normalized spacial score (nSPS) is 10.9. The lowest BCUT2D eigenvalue weighted by atomic mass is 10.1. The Labute approximate surface area is 185 Å². The van der Waals surface area contributed by atoms with Crippen LogP contribution in [0.15, 0.2) is 39.9 Å². The molecule has 0 heterocycles. The van der Waals surface area contributed by atoms with Gasteiger partial charge in [0.25, 0.3) is 0 Å². The van der Waals surface area contributed by atoms with Gasteiger partial charge in [0, 0.05) is 5.69 Å². The number of carbonyl (C=O) groups is 2. The number of aryl methyl sites for hydroxylation is 2. The van der Waals surface area contributed by atoms with Crippen LogP contribution < -0.4 is 20.2 Å². The van der Waals surface area contributed by atoms with Gasteiger partial charge >= 0.3 is 0 Å². The van der Waals surface area contributed by atoms with Crippen molar-refractivity contribution < 1.29 is 19.1 Å². The number of nitrogens with one attached hydrogen (secondary N) is 2. The van der Waals surface area contributed by atoms with E-state index in [4.69, 9.17) is 9.47 Å². The number of carbonyl (C=O) groups excluding carboxylic acids is 2. The van der Waals surface area contributed by atoms with Gasteiger partial charge in [0.1, 0.15) is 6.42 Å². The number of hydrogen-bond acceptors (Lipinski definition) is 5. The van der Waals surface area contributed by atoms with Gasteiger partial charge in [-0.2, -0.15) is 5.10 Å². The van der Waals surface area contributed by atoms with Gasteiger partial charge in [0.15, 0.2) is 11.5 Å². The second-order valence-electron chi connectivity index (χ2n) is 7.04. The van der Waals surface area contributed by atoms with E-state index >= 15 is 0 Å². The van der Waals surface area contributed by atoms with Crippen molar-refractivity contribution in [3.63, 3.8) is 0 Å². The van der Waals surface area contributed by atoms with Crippen LogP contribution in [0.4, 0.5) is 5.69 Å². The van der Waals surface area contributed by atoms with E-state index in [2.05, 4.69) is 31.8 Å². The van der Waals surface area contributed by atoms with Crippen molar-refractivity contribution in [3.05, 3.63) is 51.5 Å². The first kappa shape index (κ1) is 23.4. The molecule has 8 heteroatoms. The Morgan fingerprint density at radius 1 is 1.17 bits per heavy atom. The maximum absolute atomic E-state index is 12.1. The third kappa shape index (κ3) is 6.88. The Hall–Kier alpha value is -2.87. The van der Waals surface area contributed by atoms with Gasteiger partial charge in [-0.1, -0.05) is 17.7 Å². The van der Waals surface area contributed by atoms with Crippen LogP contribution in [-0.4, -0.2) is 31.2 Å². The van der Waals surface area contributed by atoms with E-state index in [-0.39, 0.29) is 12.5 Å². The lowest BCUT2D eigenvalue weighted by molar-refractivity contribution is -0.126. The molecule has 2 aromatic carbocycles. The molecule has 0 aliphatic carbocycles. The maximum Gasteiger partial charge on any atom is 0.249 e. The average Bonchev–Trinajstić information content (AvgIpc) is 2.65. The molecule has 7 nitrogen and oxygen atoms in total. The van der Waals surface area contributed by atoms with Crippen molar-refractivity contribution in [3.8, 4) is 11.5 Å². The zero-order valence-electron chi connectivity index (χ0n) is 17.7. The number of anilines is 1. The van der Waals surface area contributed by atoms with E-state index in [1.807, 2.05) is 45.9 Å². The molecule has 0 spiro atoms. The van der Waals surface area contributed by atoms with E-state index < -0.39 is 11.8 Å². The fraction of sp³-hybridized carbons (Fsp3) is 0.318. The second kappa shape index (κ2) is 10.8. The quantitative estimate of drug-likeness (QED) is 0.337. The first-order valence-electron chi connectivity index (χ1n) is 9.42. The highest BCUT2D eigenvalue weighted by atomic mass is 79.9. The van der Waals surface area contributed by atoms with Crippen LogP contribution in [0.2, 0.25) is 0 Å². The second-order valence-corrected chi connectivity index (χ2v) is 7.89. The summed E-state index contributed by atoms with van der Waals surface area (Å²) in [5.41, 5.74) is 5.77. The third-order valence-corrected chi connectivity index (χ3v) is 4.57. The van der Waals surface area contributed by atoms with E-state index in [0.717, 1.165) is 11.1 Å². The number of hydrazone groups is 1. The highest BCUT2D eigenvalue weighted by molar-refractivity contribution is 9.10. The van der Waals surface area contributed by atoms with Crippen molar-refractivity contribution in [2.45, 2.75) is 40.2 Å². The third-order valence-electron chi connectivity index (χ3n) is 3.99. The summed E-state index contributed by atoms with van der Waals surface area (Å²) >= 11 is 3.46. The molecular weight excluding hydrogens is 450 g/mol. The SMILES string of the molecule is COc1cc(C=NNC(=O)CC(=O)Nc2ccc(C)cc2C)cc(Br)c1OC(C)C. The smallest absolute Gasteiger partial charge is 0.249 e. The number of ether oxygens (including phenoxy) is 2. The van der Waals surface area contributed by atoms with Gasteiger partial charge in [-0.15, -0.1) is 0 Å². The highest BCUT2D eigenvalue weighted by Crippen LogP contribution is 2.36. The minimum absolute atomic E-state index is 0.0103. The van der Waals surface area contributed by atoms with Gasteiger partial charge in [-0.3, -0.25) is 9.59 Å². The summed E-state index contributed by atoms with van der Waals surface area (Å²) in [7, 11) is 1.55. The summed E-state index contributed by atoms with van der Waals surface area (Å²) in [5.74, 6) is 0.212. The average molecular weight is 476 g/mol. The Morgan fingerprint density at radius 2 is 1.90 bits per heavy atom. The van der Waals surface area contributed by atoms with Gasteiger partial charge in [-0.05, 0) is 73.0 Å². The molecule has 2 N–H and O–H groups in total. The maximum atomic E-state index is 12.1. The summed E-state index contributed by atoms with van der Waals surface area (Å²) in [6.45, 7) is 7.72. The number of halogens is 1. The predicted molar refractivity (Wildman–Crippen MR) is 121 cm³/mol. The number of methoxy groups -OCH3 is 1. The lowest BCUT2D eigenvalue weighted by Crippen LogP contribution is -2.24. The molecular formula is C22H26BrN3O4. The van der Waals surface area contributed by atoms with Crippen LogP contribution in [0, 0.1) is 13.8 Å². The van der Waals surface area contributed by atoms with Crippen molar-refractivity contribution in [1.29, 1.82) is 0 Å². The summed E-state index contributed by atoms with van der Waals surface area (Å²) in [6, 6.07) is 9.21. The Balaban J connectivity index is 1.95. The molecule has 0 saturated carbocycles. The standard InChI is InChI=1S/C22H26BrN3O4/c1-13(2)30-22-17(23)9-16(10-19(22)29-5)12-24-26-21(28)11-20(27)25-18-7-6-14(3)8-15(18)4/h6-10,12-13H,11H2,1-5H3,(H,25,27)(H,26,28). The summed E-state index contributed by atoms with van der Waals surface area (Å²) < 4.78 is 11.8. The van der Waals surface area contributed by atoms with Crippen molar-refractivity contribution in [1.82, 2.24) is 5.43 Å². The molecule has 0 fully saturated rings.